The van der Waals surface area contributed by atoms with E-state index >= 15 is 0 Å². The van der Waals surface area contributed by atoms with E-state index in [0.29, 0.717) is 17.0 Å². The van der Waals surface area contributed by atoms with E-state index in [9.17, 15) is 4.79 Å². The van der Waals surface area contributed by atoms with Crippen LogP contribution in [0.4, 0.5) is 0 Å². The Morgan fingerprint density at radius 3 is 1.82 bits per heavy atom. The van der Waals surface area contributed by atoms with Crippen LogP contribution in [0.2, 0.25) is 0 Å². The van der Waals surface area contributed by atoms with Crippen LogP contribution >= 0.6 is 0 Å². The van der Waals surface area contributed by atoms with Gasteiger partial charge in [0.25, 0.3) is 0 Å². The van der Waals surface area contributed by atoms with Gasteiger partial charge in [-0.05, 0) is 46.9 Å². The molecule has 0 spiro atoms. The number of rotatable bonds is 6. The minimum Gasteiger partial charge on any atom is -0.481 e. The number of pyridine rings is 1. The second-order valence-electron chi connectivity index (χ2n) is 9.24. The zero-order chi connectivity index (χ0) is 26.1. The van der Waals surface area contributed by atoms with Gasteiger partial charge in [-0.1, -0.05) is 97.1 Å². The molecular formula is C33H26N2O3. The number of oxazole rings is 1. The fourth-order valence-electron chi connectivity index (χ4n) is 5.37. The van der Waals surface area contributed by atoms with E-state index in [4.69, 9.17) is 9.15 Å². The van der Waals surface area contributed by atoms with E-state index in [1.54, 1.807) is 17.9 Å². The number of hydrogen-bond donors (Lipinski definition) is 0. The lowest BCUT2D eigenvalue weighted by Gasteiger charge is -2.36. The topological polar surface area (TPSA) is 57.3 Å². The minimum atomic E-state index is -0.953. The molecule has 5 heteroatoms. The van der Waals surface area contributed by atoms with Crippen molar-refractivity contribution in [1.82, 2.24) is 9.55 Å². The van der Waals surface area contributed by atoms with Crippen LogP contribution in [0.5, 0.6) is 5.88 Å². The molecule has 0 radical (unpaired) electrons. The van der Waals surface area contributed by atoms with E-state index in [2.05, 4.69) is 41.4 Å². The number of aromatic nitrogens is 2. The summed E-state index contributed by atoms with van der Waals surface area (Å²) in [5, 5.41) is 0. The SMILES string of the molecule is COc1cc(C)c(-c2ccc3c(c2)oc(=O)n3C(c2ccccc2)(c2ccccc2)c2ccccc2)cn1. The van der Waals surface area contributed by atoms with Crippen molar-refractivity contribution >= 4 is 11.1 Å². The Morgan fingerprint density at radius 1 is 0.763 bits per heavy atom. The van der Waals surface area contributed by atoms with E-state index in [1.807, 2.05) is 85.8 Å². The fraction of sp³-hybridized carbons (Fsp3) is 0.0909. The molecule has 0 saturated heterocycles. The summed E-state index contributed by atoms with van der Waals surface area (Å²) in [6.45, 7) is 2.01. The van der Waals surface area contributed by atoms with Crippen molar-refractivity contribution in [2.24, 2.45) is 0 Å². The van der Waals surface area contributed by atoms with Crippen LogP contribution in [0.3, 0.4) is 0 Å². The van der Waals surface area contributed by atoms with Gasteiger partial charge in [0, 0.05) is 17.8 Å². The number of hydrogen-bond acceptors (Lipinski definition) is 4. The monoisotopic (exact) mass is 498 g/mol. The van der Waals surface area contributed by atoms with Crippen molar-refractivity contribution in [3.8, 4) is 17.0 Å². The Kier molecular flexibility index (Phi) is 5.89. The van der Waals surface area contributed by atoms with Crippen molar-refractivity contribution in [3.63, 3.8) is 0 Å². The normalized spacial score (nSPS) is 11.5. The lowest BCUT2D eigenvalue weighted by molar-refractivity contribution is 0.397. The smallest absolute Gasteiger partial charge is 0.421 e. The third kappa shape index (κ3) is 3.71. The third-order valence-corrected chi connectivity index (χ3v) is 7.10. The average Bonchev–Trinajstić information content (AvgIpc) is 3.30. The van der Waals surface area contributed by atoms with Crippen LogP contribution in [0.1, 0.15) is 22.3 Å². The molecule has 6 aromatic rings. The molecule has 0 unspecified atom stereocenters. The molecule has 0 amide bonds. The number of fused-ring (bicyclic) bond motifs is 1. The van der Waals surface area contributed by atoms with Crippen LogP contribution in [0.15, 0.2) is 131 Å². The molecular weight excluding hydrogens is 472 g/mol. The summed E-state index contributed by atoms with van der Waals surface area (Å²) in [5.74, 6) is 0.127. The van der Waals surface area contributed by atoms with Gasteiger partial charge in [0.05, 0.1) is 12.6 Å². The summed E-state index contributed by atoms with van der Waals surface area (Å²) in [6.07, 6.45) is 1.78. The molecule has 0 aliphatic carbocycles. The molecule has 2 heterocycles. The Hall–Kier alpha value is -4.90. The van der Waals surface area contributed by atoms with Crippen LogP contribution in [-0.2, 0) is 5.54 Å². The Bertz CT molecular complexity index is 1680. The molecule has 0 bridgehead atoms. The van der Waals surface area contributed by atoms with Crippen LogP contribution in [-0.4, -0.2) is 16.7 Å². The van der Waals surface area contributed by atoms with Gasteiger partial charge in [-0.15, -0.1) is 0 Å². The molecule has 186 valence electrons. The summed E-state index contributed by atoms with van der Waals surface area (Å²) in [6, 6.07) is 38.1. The van der Waals surface area contributed by atoms with Gasteiger partial charge in [0.1, 0.15) is 5.54 Å². The fourth-order valence-corrected chi connectivity index (χ4v) is 5.37. The summed E-state index contributed by atoms with van der Waals surface area (Å²) in [4.78, 5) is 18.2. The molecule has 0 N–H and O–H groups in total. The predicted octanol–water partition coefficient (Wildman–Crippen LogP) is 6.81. The van der Waals surface area contributed by atoms with Crippen molar-refractivity contribution in [2.75, 3.05) is 7.11 Å². The highest BCUT2D eigenvalue weighted by Gasteiger charge is 2.41. The van der Waals surface area contributed by atoms with Gasteiger partial charge in [0.2, 0.25) is 5.88 Å². The van der Waals surface area contributed by atoms with Gasteiger partial charge in [-0.2, -0.15) is 0 Å². The first kappa shape index (κ1) is 23.5. The first-order valence-electron chi connectivity index (χ1n) is 12.5. The van der Waals surface area contributed by atoms with E-state index in [1.165, 1.54) is 0 Å². The summed E-state index contributed by atoms with van der Waals surface area (Å²) < 4.78 is 13.0. The van der Waals surface area contributed by atoms with Gasteiger partial charge >= 0.3 is 5.76 Å². The van der Waals surface area contributed by atoms with Crippen molar-refractivity contribution in [3.05, 3.63) is 154 Å². The largest absolute Gasteiger partial charge is 0.481 e. The highest BCUT2D eigenvalue weighted by Crippen LogP contribution is 2.42. The summed E-state index contributed by atoms with van der Waals surface area (Å²) in [5.41, 5.74) is 6.02. The number of benzene rings is 4. The van der Waals surface area contributed by atoms with Gasteiger partial charge in [-0.3, -0.25) is 4.57 Å². The van der Waals surface area contributed by atoms with E-state index < -0.39 is 11.3 Å². The van der Waals surface area contributed by atoms with Gasteiger partial charge in [0.15, 0.2) is 5.58 Å². The zero-order valence-corrected chi connectivity index (χ0v) is 21.2. The zero-order valence-electron chi connectivity index (χ0n) is 21.2. The van der Waals surface area contributed by atoms with Gasteiger partial charge < -0.3 is 9.15 Å². The summed E-state index contributed by atoms with van der Waals surface area (Å²) in [7, 11) is 1.60. The highest BCUT2D eigenvalue weighted by molar-refractivity contribution is 5.82. The Balaban J connectivity index is 1.67. The molecule has 38 heavy (non-hydrogen) atoms. The number of aryl methyl sites for hydroxylation is 1. The Labute approximate surface area is 220 Å². The lowest BCUT2D eigenvalue weighted by atomic mass is 9.76. The predicted molar refractivity (Wildman–Crippen MR) is 150 cm³/mol. The number of methoxy groups -OCH3 is 1. The molecule has 0 aliphatic heterocycles. The first-order chi connectivity index (χ1) is 18.6. The van der Waals surface area contributed by atoms with Crippen LogP contribution < -0.4 is 10.5 Å². The molecule has 0 saturated carbocycles. The Morgan fingerprint density at radius 2 is 1.32 bits per heavy atom. The third-order valence-electron chi connectivity index (χ3n) is 7.10. The maximum atomic E-state index is 13.9. The molecule has 4 aromatic carbocycles. The molecule has 2 aromatic heterocycles. The summed E-state index contributed by atoms with van der Waals surface area (Å²) >= 11 is 0. The van der Waals surface area contributed by atoms with Crippen LogP contribution in [0, 0.1) is 6.92 Å². The number of ether oxygens (including phenoxy) is 1. The lowest BCUT2D eigenvalue weighted by Crippen LogP contribution is -2.42. The maximum Gasteiger partial charge on any atom is 0.421 e. The molecule has 5 nitrogen and oxygen atoms in total. The minimum absolute atomic E-state index is 0.432. The molecule has 0 aliphatic rings. The molecule has 0 atom stereocenters. The second kappa shape index (κ2) is 9.52. The second-order valence-corrected chi connectivity index (χ2v) is 9.24. The van der Waals surface area contributed by atoms with Crippen molar-refractivity contribution < 1.29 is 9.15 Å². The van der Waals surface area contributed by atoms with Crippen molar-refractivity contribution in [1.29, 1.82) is 0 Å². The van der Waals surface area contributed by atoms with Gasteiger partial charge in [-0.25, -0.2) is 9.78 Å². The van der Waals surface area contributed by atoms with E-state index in [-0.39, 0.29) is 0 Å². The molecule has 0 fully saturated rings. The molecule has 6 rings (SSSR count). The standard InChI is InChI=1S/C33H26N2O3/c1-23-20-31(37-2)34-22-28(23)24-18-19-29-30(21-24)38-32(36)35(29)33(25-12-6-3-7-13-25,26-14-8-4-9-15-26)27-16-10-5-11-17-27/h3-22H,1-2H3. The number of nitrogens with zero attached hydrogens (tertiary/aromatic N) is 2. The first-order valence-corrected chi connectivity index (χ1v) is 12.5. The highest BCUT2D eigenvalue weighted by atomic mass is 16.5. The quantitative estimate of drug-likeness (QED) is 0.237. The maximum absolute atomic E-state index is 13.9. The average molecular weight is 499 g/mol. The van der Waals surface area contributed by atoms with E-state index in [0.717, 1.165) is 33.4 Å². The van der Waals surface area contributed by atoms with Crippen LogP contribution in [0.25, 0.3) is 22.2 Å². The van der Waals surface area contributed by atoms with Crippen molar-refractivity contribution in [2.45, 2.75) is 12.5 Å².